The minimum Gasteiger partial charge on any atom is -0.309 e. The standard InChI is InChI=1S/C60H46N2/c1-59(2)50-23-12-8-20-45(50)49-37-41(32-36-52(49)59)44-19-10-14-26-54(44)61(56-28-16-25-53-58(56)48-22-9-13-24-51(48)60(53,3)4)43-33-29-39(30-34-43)40-31-35-47-46-21-11-15-27-55(46)62(57(47)38-40)42-17-6-5-7-18-42/h5-38H,1-4H3. The number of anilines is 3. The summed E-state index contributed by atoms with van der Waals surface area (Å²) < 4.78 is 2.40. The van der Waals surface area contributed by atoms with Gasteiger partial charge >= 0.3 is 0 Å². The molecular weight excluding hydrogens is 749 g/mol. The number of rotatable bonds is 6. The molecule has 0 unspecified atom stereocenters. The highest BCUT2D eigenvalue weighted by Crippen LogP contribution is 2.56. The molecule has 0 saturated carbocycles. The van der Waals surface area contributed by atoms with Crippen LogP contribution in [0.5, 0.6) is 0 Å². The van der Waals surface area contributed by atoms with E-state index in [1.807, 2.05) is 0 Å². The van der Waals surface area contributed by atoms with E-state index in [1.54, 1.807) is 0 Å². The van der Waals surface area contributed by atoms with Crippen LogP contribution in [-0.4, -0.2) is 4.57 Å². The van der Waals surface area contributed by atoms with Gasteiger partial charge in [-0.3, -0.25) is 0 Å². The fraction of sp³-hybridized carbons (Fsp3) is 0.100. The smallest absolute Gasteiger partial charge is 0.0547 e. The topological polar surface area (TPSA) is 8.17 Å². The number of para-hydroxylation sites is 3. The summed E-state index contributed by atoms with van der Waals surface area (Å²) in [5.74, 6) is 0. The molecular formula is C60H46N2. The van der Waals surface area contributed by atoms with Crippen LogP contribution >= 0.6 is 0 Å². The minimum absolute atomic E-state index is 0.0504. The van der Waals surface area contributed by atoms with Crippen LogP contribution in [0.1, 0.15) is 49.9 Å². The Labute approximate surface area is 364 Å². The van der Waals surface area contributed by atoms with E-state index in [9.17, 15) is 0 Å². The zero-order valence-electron chi connectivity index (χ0n) is 35.5. The lowest BCUT2D eigenvalue weighted by Gasteiger charge is -2.31. The van der Waals surface area contributed by atoms with Gasteiger partial charge in [-0.05, 0) is 110 Å². The van der Waals surface area contributed by atoms with Gasteiger partial charge < -0.3 is 9.47 Å². The van der Waals surface area contributed by atoms with Gasteiger partial charge in [0.25, 0.3) is 0 Å². The van der Waals surface area contributed by atoms with E-state index in [0.29, 0.717) is 0 Å². The lowest BCUT2D eigenvalue weighted by atomic mass is 9.82. The van der Waals surface area contributed by atoms with E-state index in [0.717, 1.165) is 17.1 Å². The van der Waals surface area contributed by atoms with Crippen LogP contribution < -0.4 is 4.90 Å². The molecule has 0 saturated heterocycles. The van der Waals surface area contributed by atoms with Crippen LogP contribution in [0, 0.1) is 0 Å². The first-order chi connectivity index (χ1) is 30.3. The highest BCUT2D eigenvalue weighted by atomic mass is 15.1. The Morgan fingerprint density at radius 1 is 0.355 bits per heavy atom. The van der Waals surface area contributed by atoms with E-state index in [1.165, 1.54) is 94.3 Å². The first-order valence-electron chi connectivity index (χ1n) is 21.9. The first kappa shape index (κ1) is 36.4. The van der Waals surface area contributed by atoms with Gasteiger partial charge in [-0.25, -0.2) is 0 Å². The molecule has 12 rings (SSSR count). The molecule has 0 radical (unpaired) electrons. The van der Waals surface area contributed by atoms with Gasteiger partial charge in [0.2, 0.25) is 0 Å². The van der Waals surface area contributed by atoms with Crippen molar-refractivity contribution in [3.05, 3.63) is 229 Å². The molecule has 1 heterocycles. The van der Waals surface area contributed by atoms with Gasteiger partial charge in [0.15, 0.2) is 0 Å². The molecule has 2 aliphatic carbocycles. The third-order valence-electron chi connectivity index (χ3n) is 14.0. The maximum atomic E-state index is 2.51. The Hall–Kier alpha value is -7.42. The molecule has 0 atom stereocenters. The lowest BCUT2D eigenvalue weighted by Crippen LogP contribution is -2.16. The van der Waals surface area contributed by atoms with E-state index in [2.05, 4.69) is 243 Å². The van der Waals surface area contributed by atoms with E-state index >= 15 is 0 Å². The molecule has 1 aromatic heterocycles. The molecule has 0 N–H and O–H groups in total. The van der Waals surface area contributed by atoms with Crippen LogP contribution in [-0.2, 0) is 10.8 Å². The van der Waals surface area contributed by atoms with Crippen LogP contribution in [0.25, 0.3) is 72.0 Å². The minimum atomic E-state index is -0.127. The number of benzene rings is 9. The van der Waals surface area contributed by atoms with Gasteiger partial charge in [-0.15, -0.1) is 0 Å². The number of hydrogen-bond donors (Lipinski definition) is 0. The summed E-state index contributed by atoms with van der Waals surface area (Å²) in [5, 5.41) is 2.52. The van der Waals surface area contributed by atoms with Crippen LogP contribution in [0.4, 0.5) is 17.1 Å². The predicted molar refractivity (Wildman–Crippen MR) is 261 cm³/mol. The molecule has 296 valence electrons. The molecule has 9 aromatic carbocycles. The zero-order valence-corrected chi connectivity index (χ0v) is 35.5. The van der Waals surface area contributed by atoms with Gasteiger partial charge in [-0.1, -0.05) is 179 Å². The summed E-state index contributed by atoms with van der Waals surface area (Å²) in [6, 6.07) is 76.6. The normalized spacial score (nSPS) is 14.1. The predicted octanol–water partition coefficient (Wildman–Crippen LogP) is 16.2. The second-order valence-corrected chi connectivity index (χ2v) is 18.1. The van der Waals surface area contributed by atoms with E-state index < -0.39 is 0 Å². The van der Waals surface area contributed by atoms with Crippen molar-refractivity contribution in [2.24, 2.45) is 0 Å². The van der Waals surface area contributed by atoms with Gasteiger partial charge in [0.1, 0.15) is 0 Å². The van der Waals surface area contributed by atoms with Crippen molar-refractivity contribution < 1.29 is 0 Å². The lowest BCUT2D eigenvalue weighted by molar-refractivity contribution is 0.660. The van der Waals surface area contributed by atoms with Crippen molar-refractivity contribution in [1.29, 1.82) is 0 Å². The van der Waals surface area contributed by atoms with Crippen molar-refractivity contribution in [3.63, 3.8) is 0 Å². The molecule has 0 aliphatic heterocycles. The Morgan fingerprint density at radius 2 is 0.919 bits per heavy atom. The molecule has 2 heteroatoms. The summed E-state index contributed by atoms with van der Waals surface area (Å²) in [7, 11) is 0. The van der Waals surface area contributed by atoms with Crippen molar-refractivity contribution in [1.82, 2.24) is 4.57 Å². The summed E-state index contributed by atoms with van der Waals surface area (Å²) in [5.41, 5.74) is 22.4. The average molecular weight is 795 g/mol. The Kier molecular flexibility index (Phi) is 7.96. The highest BCUT2D eigenvalue weighted by molar-refractivity contribution is 6.10. The van der Waals surface area contributed by atoms with Gasteiger partial charge in [0, 0.05) is 44.1 Å². The Bertz CT molecular complexity index is 3400. The molecule has 62 heavy (non-hydrogen) atoms. The van der Waals surface area contributed by atoms with Crippen LogP contribution in [0.2, 0.25) is 0 Å². The fourth-order valence-electron chi connectivity index (χ4n) is 10.9. The average Bonchev–Trinajstić information content (AvgIpc) is 3.86. The maximum Gasteiger partial charge on any atom is 0.0547 e. The quantitative estimate of drug-likeness (QED) is 0.163. The molecule has 2 nitrogen and oxygen atoms in total. The molecule has 0 fully saturated rings. The third-order valence-corrected chi connectivity index (χ3v) is 14.0. The van der Waals surface area contributed by atoms with Crippen LogP contribution in [0.3, 0.4) is 0 Å². The number of fused-ring (bicyclic) bond motifs is 9. The molecule has 10 aromatic rings. The molecule has 2 aliphatic rings. The monoisotopic (exact) mass is 794 g/mol. The van der Waals surface area contributed by atoms with Gasteiger partial charge in [-0.2, -0.15) is 0 Å². The summed E-state index contributed by atoms with van der Waals surface area (Å²) in [6.07, 6.45) is 0. The first-order valence-corrected chi connectivity index (χ1v) is 21.9. The fourth-order valence-corrected chi connectivity index (χ4v) is 10.9. The largest absolute Gasteiger partial charge is 0.309 e. The van der Waals surface area contributed by atoms with Crippen LogP contribution in [0.15, 0.2) is 206 Å². The second kappa shape index (κ2) is 13.5. The van der Waals surface area contributed by atoms with E-state index in [-0.39, 0.29) is 10.8 Å². The Balaban J connectivity index is 1.04. The van der Waals surface area contributed by atoms with Crippen molar-refractivity contribution in [3.8, 4) is 50.2 Å². The molecule has 0 bridgehead atoms. The maximum absolute atomic E-state index is 2.51. The summed E-state index contributed by atoms with van der Waals surface area (Å²) in [4.78, 5) is 2.51. The van der Waals surface area contributed by atoms with E-state index in [4.69, 9.17) is 0 Å². The molecule has 0 spiro atoms. The molecule has 0 amide bonds. The second-order valence-electron chi connectivity index (χ2n) is 18.1. The third kappa shape index (κ3) is 5.29. The van der Waals surface area contributed by atoms with Gasteiger partial charge in [0.05, 0.1) is 22.4 Å². The van der Waals surface area contributed by atoms with Crippen molar-refractivity contribution in [2.75, 3.05) is 4.90 Å². The van der Waals surface area contributed by atoms with Crippen molar-refractivity contribution >= 4 is 38.9 Å². The Morgan fingerprint density at radius 3 is 1.73 bits per heavy atom. The summed E-state index contributed by atoms with van der Waals surface area (Å²) >= 11 is 0. The number of nitrogens with zero attached hydrogens (tertiary/aromatic N) is 2. The highest BCUT2D eigenvalue weighted by Gasteiger charge is 2.38. The number of aromatic nitrogens is 1. The van der Waals surface area contributed by atoms with Crippen molar-refractivity contribution in [2.45, 2.75) is 38.5 Å². The number of hydrogen-bond acceptors (Lipinski definition) is 1. The zero-order chi connectivity index (χ0) is 41.7. The SMILES string of the molecule is CC1(C)c2ccccc2-c2cc(-c3ccccc3N(c3ccc(-c4ccc5c6ccccc6n(-c6ccccc6)c5c4)cc3)c3cccc4c3-c3ccccc3C4(C)C)ccc21. The summed E-state index contributed by atoms with van der Waals surface area (Å²) in [6.45, 7) is 9.44.